The Morgan fingerprint density at radius 3 is 2.30 bits per heavy atom. The molecule has 1 aromatic heterocycles. The van der Waals surface area contributed by atoms with Crippen molar-refractivity contribution in [2.24, 2.45) is 0 Å². The molecule has 0 fully saturated rings. The zero-order chi connectivity index (χ0) is 39.5. The number of amides is 2. The van der Waals surface area contributed by atoms with E-state index in [0.717, 1.165) is 36.5 Å². The van der Waals surface area contributed by atoms with Crippen LogP contribution in [0.4, 0.5) is 24.5 Å². The third-order valence-corrected chi connectivity index (χ3v) is 9.61. The van der Waals surface area contributed by atoms with Gasteiger partial charge in [-0.15, -0.1) is 0 Å². The van der Waals surface area contributed by atoms with Gasteiger partial charge in [0.15, 0.2) is 0 Å². The first-order valence-corrected chi connectivity index (χ1v) is 18.4. The van der Waals surface area contributed by atoms with Crippen LogP contribution in [0.1, 0.15) is 77.9 Å². The molecule has 0 unspecified atom stereocenters. The van der Waals surface area contributed by atoms with Crippen LogP contribution in [0.25, 0.3) is 11.3 Å². The quantitative estimate of drug-likeness (QED) is 0.0676. The molecule has 0 aliphatic carbocycles. The molecular formula is C40H46F3N5O5S. The smallest absolute Gasteiger partial charge is 0.416 e. The lowest BCUT2D eigenvalue weighted by atomic mass is 10.0. The Morgan fingerprint density at radius 1 is 0.889 bits per heavy atom. The summed E-state index contributed by atoms with van der Waals surface area (Å²) in [6.45, 7) is 9.44. The van der Waals surface area contributed by atoms with E-state index in [0.29, 0.717) is 40.2 Å². The summed E-state index contributed by atoms with van der Waals surface area (Å²) in [6.07, 6.45) is -2.60. The summed E-state index contributed by atoms with van der Waals surface area (Å²) < 4.78 is 47.4. The van der Waals surface area contributed by atoms with Crippen LogP contribution in [0.15, 0.2) is 85.1 Å². The number of alkyl halides is 3. The number of anilines is 2. The number of aromatic nitrogens is 1. The Labute approximate surface area is 318 Å². The summed E-state index contributed by atoms with van der Waals surface area (Å²) in [7, 11) is 1.88. The van der Waals surface area contributed by atoms with Crippen LogP contribution in [0.3, 0.4) is 0 Å². The van der Waals surface area contributed by atoms with Gasteiger partial charge in [0, 0.05) is 60.4 Å². The largest absolute Gasteiger partial charge is 0.481 e. The van der Waals surface area contributed by atoms with Crippen LogP contribution in [0.2, 0.25) is 0 Å². The molecule has 3 aromatic carbocycles. The lowest BCUT2D eigenvalue weighted by Crippen LogP contribution is -2.30. The number of hydrogen-bond acceptors (Lipinski definition) is 8. The second-order valence-corrected chi connectivity index (χ2v) is 14.4. The molecular weight excluding hydrogens is 720 g/mol. The molecule has 54 heavy (non-hydrogen) atoms. The average molecular weight is 766 g/mol. The van der Waals surface area contributed by atoms with Crippen molar-refractivity contribution in [2.45, 2.75) is 64.6 Å². The number of aliphatic carboxylic acids is 1. The second-order valence-electron chi connectivity index (χ2n) is 13.2. The molecule has 1 heterocycles. The number of carboxylic acid groups (broad SMARTS) is 1. The summed E-state index contributed by atoms with van der Waals surface area (Å²) in [5.41, 5.74) is 2.91. The summed E-state index contributed by atoms with van der Waals surface area (Å²) in [6, 6.07) is 20.8. The molecule has 4 aromatic rings. The number of carboxylic acids is 1. The van der Waals surface area contributed by atoms with Gasteiger partial charge in [-0.05, 0) is 107 Å². The lowest BCUT2D eigenvalue weighted by Gasteiger charge is -2.27. The zero-order valence-corrected chi connectivity index (χ0v) is 31.8. The maximum absolute atomic E-state index is 13.7. The number of pyridine rings is 1. The topological polar surface area (TPSA) is 124 Å². The Morgan fingerprint density at radius 2 is 1.59 bits per heavy atom. The molecule has 0 aliphatic rings. The van der Waals surface area contributed by atoms with Crippen LogP contribution < -0.4 is 15.5 Å². The van der Waals surface area contributed by atoms with Gasteiger partial charge in [-0.25, -0.2) is 4.31 Å². The number of hydrogen-bond donors (Lipinski definition) is 3. The number of ether oxygens (including phenoxy) is 1. The SMILES string of the molecule is CCN(CC)c1ccc(NC(=O)c2cccc(CSN(C)COC(C)(C)CCC(=O)O)c2)c(-c2cc(C(=O)NCc3cccc(C(F)(F)F)c3)ccn2)c1. The number of rotatable bonds is 18. The Hall–Kier alpha value is -4.92. The third kappa shape index (κ3) is 12.3. The number of carbonyl (C=O) groups is 3. The number of carbonyl (C=O) groups excluding carboxylic acids is 2. The van der Waals surface area contributed by atoms with E-state index >= 15 is 0 Å². The van der Waals surface area contributed by atoms with Crippen LogP contribution in [-0.2, 0) is 28.0 Å². The minimum absolute atomic E-state index is 0.0232. The summed E-state index contributed by atoms with van der Waals surface area (Å²) in [4.78, 5) is 44.5. The van der Waals surface area contributed by atoms with E-state index in [1.807, 2.05) is 69.4 Å². The molecule has 288 valence electrons. The third-order valence-electron chi connectivity index (χ3n) is 8.60. The van der Waals surface area contributed by atoms with Crippen molar-refractivity contribution in [3.05, 3.63) is 113 Å². The van der Waals surface area contributed by atoms with Gasteiger partial charge >= 0.3 is 12.1 Å². The van der Waals surface area contributed by atoms with Crippen molar-refractivity contribution < 1.29 is 37.4 Å². The fourth-order valence-corrected chi connectivity index (χ4v) is 6.14. The van der Waals surface area contributed by atoms with E-state index in [-0.39, 0.29) is 31.2 Å². The van der Waals surface area contributed by atoms with E-state index in [9.17, 15) is 27.6 Å². The van der Waals surface area contributed by atoms with E-state index in [2.05, 4.69) is 20.5 Å². The maximum atomic E-state index is 13.7. The minimum atomic E-state index is -4.49. The number of benzene rings is 3. The van der Waals surface area contributed by atoms with Gasteiger partial charge in [-0.1, -0.05) is 36.2 Å². The fraction of sp³-hybridized carbons (Fsp3) is 0.350. The first-order chi connectivity index (χ1) is 25.6. The van der Waals surface area contributed by atoms with Crippen molar-refractivity contribution >= 4 is 41.1 Å². The highest BCUT2D eigenvalue weighted by molar-refractivity contribution is 7.96. The Kier molecular flexibility index (Phi) is 14.6. The molecule has 0 atom stereocenters. The van der Waals surface area contributed by atoms with Gasteiger partial charge in [0.1, 0.15) is 6.73 Å². The number of nitrogens with zero attached hydrogens (tertiary/aromatic N) is 3. The van der Waals surface area contributed by atoms with E-state index in [4.69, 9.17) is 9.84 Å². The summed E-state index contributed by atoms with van der Waals surface area (Å²) >= 11 is 1.50. The van der Waals surface area contributed by atoms with Crippen LogP contribution in [0, 0.1) is 0 Å². The number of nitrogens with one attached hydrogen (secondary N) is 2. The molecule has 0 aliphatic heterocycles. The highest BCUT2D eigenvalue weighted by atomic mass is 32.2. The minimum Gasteiger partial charge on any atom is -0.481 e. The summed E-state index contributed by atoms with van der Waals surface area (Å²) in [5, 5.41) is 14.7. The van der Waals surface area contributed by atoms with Gasteiger partial charge < -0.3 is 25.4 Å². The molecule has 4 rings (SSSR count). The monoisotopic (exact) mass is 765 g/mol. The van der Waals surface area contributed by atoms with Crippen molar-refractivity contribution in [3.63, 3.8) is 0 Å². The molecule has 0 saturated carbocycles. The zero-order valence-electron chi connectivity index (χ0n) is 31.0. The lowest BCUT2D eigenvalue weighted by molar-refractivity contribution is -0.139. The molecule has 0 radical (unpaired) electrons. The van der Waals surface area contributed by atoms with Gasteiger partial charge in [-0.3, -0.25) is 19.4 Å². The van der Waals surface area contributed by atoms with Crippen LogP contribution >= 0.6 is 11.9 Å². The van der Waals surface area contributed by atoms with E-state index in [1.165, 1.54) is 36.3 Å². The molecule has 0 bridgehead atoms. The molecule has 10 nitrogen and oxygen atoms in total. The molecule has 0 saturated heterocycles. The van der Waals surface area contributed by atoms with Crippen molar-refractivity contribution in [1.29, 1.82) is 0 Å². The number of halogens is 3. The predicted molar refractivity (Wildman–Crippen MR) is 206 cm³/mol. The molecule has 2 amide bonds. The van der Waals surface area contributed by atoms with Gasteiger partial charge in [0.05, 0.1) is 22.5 Å². The average Bonchev–Trinajstić information content (AvgIpc) is 3.15. The van der Waals surface area contributed by atoms with Crippen molar-refractivity contribution in [1.82, 2.24) is 14.6 Å². The first kappa shape index (κ1) is 41.8. The highest BCUT2D eigenvalue weighted by Crippen LogP contribution is 2.33. The Balaban J connectivity index is 1.50. The van der Waals surface area contributed by atoms with Gasteiger partial charge in [0.2, 0.25) is 0 Å². The first-order valence-electron chi connectivity index (χ1n) is 17.5. The van der Waals surface area contributed by atoms with Crippen molar-refractivity contribution in [2.75, 3.05) is 37.1 Å². The normalized spacial score (nSPS) is 11.7. The molecule has 14 heteroatoms. The van der Waals surface area contributed by atoms with Crippen molar-refractivity contribution in [3.8, 4) is 11.3 Å². The van der Waals surface area contributed by atoms with Crippen LogP contribution in [0.5, 0.6) is 0 Å². The second kappa shape index (κ2) is 18.9. The molecule has 3 N–H and O–H groups in total. The van der Waals surface area contributed by atoms with Crippen LogP contribution in [-0.4, -0.2) is 64.6 Å². The van der Waals surface area contributed by atoms with Gasteiger partial charge in [0.25, 0.3) is 11.8 Å². The summed E-state index contributed by atoms with van der Waals surface area (Å²) in [5.74, 6) is -1.14. The van der Waals surface area contributed by atoms with E-state index < -0.39 is 29.2 Å². The standard InChI is InChI=1S/C40H46F3N5O5S/c1-6-48(7-2)32-14-15-34(46-38(52)29-12-8-11-28(20-29)25-54-47(5)26-53-39(3,4)18-16-36(49)50)33(23-32)35-22-30(17-19-44-35)37(51)45-24-27-10-9-13-31(21-27)40(41,42)43/h8-15,17,19-23H,6-7,16,18,24-26H2,1-5H3,(H,45,51)(H,46,52)(H,49,50). The maximum Gasteiger partial charge on any atom is 0.416 e. The fourth-order valence-electron chi connectivity index (χ4n) is 5.46. The highest BCUT2D eigenvalue weighted by Gasteiger charge is 2.30. The van der Waals surface area contributed by atoms with Gasteiger partial charge in [-0.2, -0.15) is 13.2 Å². The predicted octanol–water partition coefficient (Wildman–Crippen LogP) is 8.49. The van der Waals surface area contributed by atoms with E-state index in [1.54, 1.807) is 18.2 Å². The molecule has 0 spiro atoms. The Bertz CT molecular complexity index is 1920.